The molecule has 0 saturated heterocycles. The van der Waals surface area contributed by atoms with Crippen molar-refractivity contribution in [1.29, 1.82) is 0 Å². The predicted molar refractivity (Wildman–Crippen MR) is 113 cm³/mol. The van der Waals surface area contributed by atoms with E-state index >= 15 is 0 Å². The zero-order valence-corrected chi connectivity index (χ0v) is 17.6. The van der Waals surface area contributed by atoms with Crippen LogP contribution in [0.15, 0.2) is 34.8 Å². The minimum atomic E-state index is -0.218. The maximum Gasteiger partial charge on any atom is 0.203 e. The average Bonchev–Trinajstić information content (AvgIpc) is 2.65. The molecule has 27 heavy (non-hydrogen) atoms. The van der Waals surface area contributed by atoms with Gasteiger partial charge in [-0.15, -0.1) is 0 Å². The lowest BCUT2D eigenvalue weighted by atomic mass is 10.1. The molecule has 0 aliphatic carbocycles. The van der Waals surface area contributed by atoms with Crippen molar-refractivity contribution < 1.29 is 19.0 Å². The van der Waals surface area contributed by atoms with Crippen molar-refractivity contribution in [3.8, 4) is 17.2 Å². The summed E-state index contributed by atoms with van der Waals surface area (Å²) >= 11 is 3.36. The minimum absolute atomic E-state index is 0.218. The van der Waals surface area contributed by atoms with Crippen LogP contribution in [0.25, 0.3) is 6.08 Å². The number of nitrogens with two attached hydrogens (primary N) is 1. The van der Waals surface area contributed by atoms with Gasteiger partial charge in [0.05, 0.1) is 37.2 Å². The molecule has 0 unspecified atom stereocenters. The van der Waals surface area contributed by atoms with Gasteiger partial charge < -0.3 is 24.8 Å². The Hall–Kier alpha value is -2.67. The van der Waals surface area contributed by atoms with E-state index in [4.69, 9.17) is 19.9 Å². The first kappa shape index (κ1) is 20.6. The Bertz CT molecular complexity index is 853. The van der Waals surface area contributed by atoms with Gasteiger partial charge in [0.25, 0.3) is 0 Å². The van der Waals surface area contributed by atoms with Crippen LogP contribution in [0.4, 0.5) is 11.4 Å². The molecular weight excluding hydrogens is 412 g/mol. The van der Waals surface area contributed by atoms with E-state index in [9.17, 15) is 4.79 Å². The molecule has 6 nitrogen and oxygen atoms in total. The maximum atomic E-state index is 12.8. The molecule has 2 aromatic carbocycles. The van der Waals surface area contributed by atoms with E-state index in [2.05, 4.69) is 15.9 Å². The third-order valence-corrected chi connectivity index (χ3v) is 4.56. The number of halogens is 1. The number of benzene rings is 2. The number of carbonyl (C=O) groups excluding carboxylic acids is 1. The Labute approximate surface area is 167 Å². The molecule has 0 aliphatic heterocycles. The minimum Gasteiger partial charge on any atom is -0.493 e. The van der Waals surface area contributed by atoms with Gasteiger partial charge in [-0.2, -0.15) is 0 Å². The number of rotatable bonds is 7. The van der Waals surface area contributed by atoms with Crippen molar-refractivity contribution in [2.75, 3.05) is 46.1 Å². The van der Waals surface area contributed by atoms with Gasteiger partial charge in [-0.1, -0.05) is 6.07 Å². The van der Waals surface area contributed by atoms with Gasteiger partial charge in [0.2, 0.25) is 5.75 Å². The first-order valence-electron chi connectivity index (χ1n) is 8.11. The van der Waals surface area contributed by atoms with Crippen LogP contribution < -0.4 is 24.8 Å². The second-order valence-electron chi connectivity index (χ2n) is 5.95. The van der Waals surface area contributed by atoms with Crippen LogP contribution in [0, 0.1) is 0 Å². The second-order valence-corrected chi connectivity index (χ2v) is 6.80. The van der Waals surface area contributed by atoms with Crippen LogP contribution in [0.3, 0.4) is 0 Å². The quantitative estimate of drug-likeness (QED) is 0.403. The van der Waals surface area contributed by atoms with E-state index in [1.165, 1.54) is 21.3 Å². The standard InChI is InChI=1S/C20H23BrN2O4/c1-23(2)16-7-6-12(9-15(16)22)8-14(21)19(24)13-10-17(25-3)20(27-5)18(11-13)26-4/h6-11H,22H2,1-5H3. The monoisotopic (exact) mass is 434 g/mol. The highest BCUT2D eigenvalue weighted by atomic mass is 79.9. The molecular formula is C20H23BrN2O4. The summed E-state index contributed by atoms with van der Waals surface area (Å²) < 4.78 is 16.3. The second kappa shape index (κ2) is 8.81. The van der Waals surface area contributed by atoms with Gasteiger partial charge >= 0.3 is 0 Å². The van der Waals surface area contributed by atoms with Crippen LogP contribution in [-0.2, 0) is 0 Å². The lowest BCUT2D eigenvalue weighted by Gasteiger charge is -2.15. The molecule has 0 aliphatic rings. The van der Waals surface area contributed by atoms with E-state index in [0.29, 0.717) is 33.0 Å². The van der Waals surface area contributed by atoms with E-state index < -0.39 is 0 Å². The Morgan fingerprint density at radius 3 is 2.07 bits per heavy atom. The predicted octanol–water partition coefficient (Wildman–Crippen LogP) is 3.98. The normalized spacial score (nSPS) is 11.1. The Morgan fingerprint density at radius 1 is 1.04 bits per heavy atom. The number of ether oxygens (including phenoxy) is 3. The van der Waals surface area contributed by atoms with Crippen LogP contribution in [0.2, 0.25) is 0 Å². The van der Waals surface area contributed by atoms with Gasteiger partial charge in [0.1, 0.15) is 0 Å². The van der Waals surface area contributed by atoms with Crippen LogP contribution >= 0.6 is 15.9 Å². The number of carbonyl (C=O) groups is 1. The van der Waals surface area contributed by atoms with Gasteiger partial charge in [0.15, 0.2) is 17.3 Å². The molecule has 2 rings (SSSR count). The molecule has 0 heterocycles. The van der Waals surface area contributed by atoms with Gasteiger partial charge in [-0.05, 0) is 51.8 Å². The van der Waals surface area contributed by atoms with Crippen molar-refractivity contribution in [2.45, 2.75) is 0 Å². The Morgan fingerprint density at radius 2 is 1.63 bits per heavy atom. The molecule has 2 N–H and O–H groups in total. The van der Waals surface area contributed by atoms with Crippen LogP contribution in [-0.4, -0.2) is 41.2 Å². The first-order valence-corrected chi connectivity index (χ1v) is 8.90. The molecule has 0 aromatic heterocycles. The van der Waals surface area contributed by atoms with Crippen LogP contribution in [0.1, 0.15) is 15.9 Å². The fourth-order valence-corrected chi connectivity index (χ4v) is 3.13. The van der Waals surface area contributed by atoms with E-state index in [-0.39, 0.29) is 5.78 Å². The summed E-state index contributed by atoms with van der Waals surface area (Å²) in [6.45, 7) is 0. The number of hydrogen-bond acceptors (Lipinski definition) is 6. The first-order chi connectivity index (χ1) is 12.8. The van der Waals surface area contributed by atoms with Gasteiger partial charge in [-0.3, -0.25) is 4.79 Å². The molecule has 2 aromatic rings. The summed E-state index contributed by atoms with van der Waals surface area (Å²) in [7, 11) is 8.37. The zero-order chi connectivity index (χ0) is 20.1. The number of nitrogen functional groups attached to an aromatic ring is 1. The zero-order valence-electron chi connectivity index (χ0n) is 16.0. The lowest BCUT2D eigenvalue weighted by molar-refractivity contribution is 0.104. The van der Waals surface area contributed by atoms with Crippen molar-refractivity contribution in [1.82, 2.24) is 0 Å². The molecule has 0 saturated carbocycles. The highest BCUT2D eigenvalue weighted by molar-refractivity contribution is 9.12. The summed E-state index contributed by atoms with van der Waals surface area (Å²) in [5.41, 5.74) is 8.84. The van der Waals surface area contributed by atoms with E-state index in [1.807, 2.05) is 37.2 Å². The largest absolute Gasteiger partial charge is 0.493 e. The Balaban J connectivity index is 2.39. The van der Waals surface area contributed by atoms with Crippen molar-refractivity contribution in [3.63, 3.8) is 0 Å². The number of anilines is 2. The molecule has 0 atom stereocenters. The maximum absolute atomic E-state index is 12.8. The third-order valence-electron chi connectivity index (χ3n) is 3.97. The van der Waals surface area contributed by atoms with Crippen LogP contribution in [0.5, 0.6) is 17.2 Å². The molecule has 7 heteroatoms. The number of nitrogens with zero attached hydrogens (tertiary/aromatic N) is 1. The highest BCUT2D eigenvalue weighted by Gasteiger charge is 2.18. The third kappa shape index (κ3) is 4.54. The highest BCUT2D eigenvalue weighted by Crippen LogP contribution is 2.39. The fraction of sp³-hybridized carbons (Fsp3) is 0.250. The van der Waals surface area contributed by atoms with E-state index in [1.54, 1.807) is 18.2 Å². The number of methoxy groups -OCH3 is 3. The molecule has 0 amide bonds. The molecule has 0 spiro atoms. The SMILES string of the molecule is COc1cc(C(=O)C(Br)=Cc2ccc(N(C)C)c(N)c2)cc(OC)c1OC. The van der Waals surface area contributed by atoms with Gasteiger partial charge in [-0.25, -0.2) is 0 Å². The summed E-state index contributed by atoms with van der Waals surface area (Å²) in [5.74, 6) is 1.05. The number of ketones is 1. The molecule has 144 valence electrons. The summed E-state index contributed by atoms with van der Waals surface area (Å²) in [6, 6.07) is 8.85. The molecule has 0 fully saturated rings. The smallest absolute Gasteiger partial charge is 0.203 e. The summed E-state index contributed by atoms with van der Waals surface area (Å²) in [6.07, 6.45) is 1.72. The van der Waals surface area contributed by atoms with E-state index in [0.717, 1.165) is 11.3 Å². The van der Waals surface area contributed by atoms with Crippen molar-refractivity contribution in [3.05, 3.63) is 45.9 Å². The fourth-order valence-electron chi connectivity index (χ4n) is 2.63. The van der Waals surface area contributed by atoms with Crippen molar-refractivity contribution in [2.24, 2.45) is 0 Å². The van der Waals surface area contributed by atoms with Gasteiger partial charge in [0, 0.05) is 19.7 Å². The number of allylic oxidation sites excluding steroid dienone is 1. The lowest BCUT2D eigenvalue weighted by Crippen LogP contribution is -2.10. The summed E-state index contributed by atoms with van der Waals surface area (Å²) in [5, 5.41) is 0. The molecule has 0 bridgehead atoms. The molecule has 0 radical (unpaired) electrons. The number of hydrogen-bond donors (Lipinski definition) is 1. The number of Topliss-reactive ketones (excluding diaryl/α,β-unsaturated/α-hetero) is 1. The average molecular weight is 435 g/mol. The topological polar surface area (TPSA) is 74.0 Å². The summed E-state index contributed by atoms with van der Waals surface area (Å²) in [4.78, 5) is 14.8. The van der Waals surface area contributed by atoms with Crippen molar-refractivity contribution >= 4 is 39.2 Å². The Kier molecular flexibility index (Phi) is 6.74.